The Balaban J connectivity index is 1.87. The van der Waals surface area contributed by atoms with Crippen LogP contribution in [-0.2, 0) is 11.2 Å². The van der Waals surface area contributed by atoms with Crippen LogP contribution in [0.15, 0.2) is 54.6 Å². The third-order valence-electron chi connectivity index (χ3n) is 3.30. The smallest absolute Gasteiger partial charge is 0.334 e. The average Bonchev–Trinajstić information content (AvgIpc) is 2.60. The maximum Gasteiger partial charge on any atom is 0.334 e. The monoisotopic (exact) mass is 329 g/mol. The lowest BCUT2D eigenvalue weighted by Crippen LogP contribution is -2.48. The summed E-state index contributed by atoms with van der Waals surface area (Å²) in [5.41, 5.74) is 6.56. The van der Waals surface area contributed by atoms with Gasteiger partial charge in [-0.3, -0.25) is 10.9 Å². The van der Waals surface area contributed by atoms with Gasteiger partial charge >= 0.3 is 12.0 Å². The van der Waals surface area contributed by atoms with Crippen molar-refractivity contribution in [2.75, 3.05) is 12.5 Å². The van der Waals surface area contributed by atoms with E-state index in [0.29, 0.717) is 11.4 Å². The fraction of sp³-hybridized carbons (Fsp3) is 0.176. The molecule has 126 valence electrons. The van der Waals surface area contributed by atoms with Gasteiger partial charge in [0.1, 0.15) is 11.8 Å². The second kappa shape index (κ2) is 8.42. The minimum atomic E-state index is -1.10. The van der Waals surface area contributed by atoms with E-state index in [-0.39, 0.29) is 6.42 Å². The molecule has 0 radical (unpaired) electrons. The zero-order valence-electron chi connectivity index (χ0n) is 13.2. The number of hydrogen-bond donors (Lipinski definition) is 4. The SMILES string of the molecule is COc1ccc(NNC(=O)NC(Cc2ccccc2)C(=O)O)cc1. The highest BCUT2D eigenvalue weighted by Gasteiger charge is 2.20. The number of hydrazine groups is 1. The Morgan fingerprint density at radius 3 is 2.33 bits per heavy atom. The summed E-state index contributed by atoms with van der Waals surface area (Å²) in [5.74, 6) is -0.405. The van der Waals surface area contributed by atoms with Crippen LogP contribution >= 0.6 is 0 Å². The van der Waals surface area contributed by atoms with Gasteiger partial charge in [0.2, 0.25) is 0 Å². The van der Waals surface area contributed by atoms with Crippen LogP contribution in [0.1, 0.15) is 5.56 Å². The Kier molecular flexibility index (Phi) is 6.01. The molecule has 0 aliphatic heterocycles. The Hall–Kier alpha value is -3.22. The summed E-state index contributed by atoms with van der Waals surface area (Å²) in [6.45, 7) is 0. The zero-order chi connectivity index (χ0) is 17.4. The van der Waals surface area contributed by atoms with E-state index in [0.717, 1.165) is 5.56 Å². The van der Waals surface area contributed by atoms with Crippen LogP contribution in [-0.4, -0.2) is 30.3 Å². The zero-order valence-corrected chi connectivity index (χ0v) is 13.2. The summed E-state index contributed by atoms with van der Waals surface area (Å²) < 4.78 is 5.04. The van der Waals surface area contributed by atoms with Gasteiger partial charge in [0.05, 0.1) is 12.8 Å². The molecule has 2 amide bonds. The van der Waals surface area contributed by atoms with Gasteiger partial charge in [-0.15, -0.1) is 0 Å². The van der Waals surface area contributed by atoms with Crippen molar-refractivity contribution in [1.29, 1.82) is 0 Å². The molecule has 4 N–H and O–H groups in total. The third kappa shape index (κ3) is 5.20. The molecule has 0 aromatic heterocycles. The van der Waals surface area contributed by atoms with E-state index in [1.165, 1.54) is 0 Å². The van der Waals surface area contributed by atoms with E-state index in [2.05, 4.69) is 16.2 Å². The van der Waals surface area contributed by atoms with E-state index < -0.39 is 18.0 Å². The molecule has 24 heavy (non-hydrogen) atoms. The fourth-order valence-electron chi connectivity index (χ4n) is 2.05. The summed E-state index contributed by atoms with van der Waals surface area (Å²) in [5, 5.41) is 11.7. The minimum absolute atomic E-state index is 0.201. The summed E-state index contributed by atoms with van der Waals surface area (Å²) in [7, 11) is 1.56. The van der Waals surface area contributed by atoms with Crippen molar-refractivity contribution in [3.8, 4) is 5.75 Å². The Labute approximate surface area is 139 Å². The lowest BCUT2D eigenvalue weighted by Gasteiger charge is -2.16. The Morgan fingerprint density at radius 1 is 1.08 bits per heavy atom. The normalized spacial score (nSPS) is 11.2. The fourth-order valence-corrected chi connectivity index (χ4v) is 2.05. The second-order valence-corrected chi connectivity index (χ2v) is 5.03. The maximum atomic E-state index is 11.9. The summed E-state index contributed by atoms with van der Waals surface area (Å²) in [6.07, 6.45) is 0.201. The highest BCUT2D eigenvalue weighted by molar-refractivity contribution is 5.83. The van der Waals surface area contributed by atoms with E-state index in [1.54, 1.807) is 31.4 Å². The molecule has 7 heteroatoms. The predicted molar refractivity (Wildman–Crippen MR) is 89.9 cm³/mol. The maximum absolute atomic E-state index is 11.9. The van der Waals surface area contributed by atoms with E-state index >= 15 is 0 Å². The van der Waals surface area contributed by atoms with Crippen LogP contribution in [0.3, 0.4) is 0 Å². The van der Waals surface area contributed by atoms with Crippen LogP contribution in [0.4, 0.5) is 10.5 Å². The lowest BCUT2D eigenvalue weighted by atomic mass is 10.1. The van der Waals surface area contributed by atoms with E-state index in [1.807, 2.05) is 30.3 Å². The van der Waals surface area contributed by atoms with Gasteiger partial charge in [-0.2, -0.15) is 0 Å². The minimum Gasteiger partial charge on any atom is -0.497 e. The molecule has 2 rings (SSSR count). The number of rotatable bonds is 7. The second-order valence-electron chi connectivity index (χ2n) is 5.03. The molecule has 0 saturated heterocycles. The van der Waals surface area contributed by atoms with Crippen molar-refractivity contribution in [1.82, 2.24) is 10.7 Å². The van der Waals surface area contributed by atoms with Gasteiger partial charge in [0.15, 0.2) is 0 Å². The summed E-state index contributed by atoms with van der Waals surface area (Å²) in [6, 6.07) is 14.4. The third-order valence-corrected chi connectivity index (χ3v) is 3.30. The molecule has 0 fully saturated rings. The van der Waals surface area contributed by atoms with Crippen molar-refractivity contribution in [3.05, 3.63) is 60.2 Å². The van der Waals surface area contributed by atoms with Crippen molar-refractivity contribution in [3.63, 3.8) is 0 Å². The molecule has 7 nitrogen and oxygen atoms in total. The molecule has 0 heterocycles. The Bertz CT molecular complexity index is 674. The number of carbonyl (C=O) groups is 2. The number of nitrogens with one attached hydrogen (secondary N) is 3. The number of carbonyl (C=O) groups excluding carboxylic acids is 1. The van der Waals surface area contributed by atoms with Gasteiger partial charge < -0.3 is 15.2 Å². The number of carboxylic acid groups (broad SMARTS) is 1. The van der Waals surface area contributed by atoms with Crippen molar-refractivity contribution in [2.24, 2.45) is 0 Å². The van der Waals surface area contributed by atoms with Crippen molar-refractivity contribution < 1.29 is 19.4 Å². The molecular weight excluding hydrogens is 310 g/mol. The first-order chi connectivity index (χ1) is 11.6. The molecule has 0 aliphatic rings. The molecule has 2 aromatic rings. The van der Waals surface area contributed by atoms with E-state index in [4.69, 9.17) is 4.74 Å². The van der Waals surface area contributed by atoms with Crippen LogP contribution < -0.4 is 20.9 Å². The number of benzene rings is 2. The number of aliphatic carboxylic acids is 1. The van der Waals surface area contributed by atoms with Gasteiger partial charge in [0.25, 0.3) is 0 Å². The van der Waals surface area contributed by atoms with Crippen LogP contribution in [0.2, 0.25) is 0 Å². The first-order valence-electron chi connectivity index (χ1n) is 7.32. The van der Waals surface area contributed by atoms with Crippen LogP contribution in [0.5, 0.6) is 5.75 Å². The molecule has 2 aromatic carbocycles. The van der Waals surface area contributed by atoms with Gasteiger partial charge in [-0.25, -0.2) is 9.59 Å². The first kappa shape index (κ1) is 17.1. The summed E-state index contributed by atoms with van der Waals surface area (Å²) in [4.78, 5) is 23.2. The largest absolute Gasteiger partial charge is 0.497 e. The molecule has 0 spiro atoms. The number of methoxy groups -OCH3 is 1. The number of anilines is 1. The van der Waals surface area contributed by atoms with E-state index in [9.17, 15) is 14.7 Å². The Morgan fingerprint density at radius 2 is 1.75 bits per heavy atom. The summed E-state index contributed by atoms with van der Waals surface area (Å²) >= 11 is 0. The quantitative estimate of drug-likeness (QED) is 0.582. The topological polar surface area (TPSA) is 99.7 Å². The molecule has 0 aliphatic carbocycles. The molecule has 1 atom stereocenters. The molecular formula is C17H19N3O4. The number of amides is 2. The predicted octanol–water partition coefficient (Wildman–Crippen LogP) is 2.02. The van der Waals surface area contributed by atoms with Gasteiger partial charge in [-0.05, 0) is 29.8 Å². The number of hydrogen-bond acceptors (Lipinski definition) is 4. The van der Waals surface area contributed by atoms with Crippen LogP contribution in [0.25, 0.3) is 0 Å². The lowest BCUT2D eigenvalue weighted by molar-refractivity contribution is -0.139. The van der Waals surface area contributed by atoms with Gasteiger partial charge in [-0.1, -0.05) is 30.3 Å². The number of carboxylic acids is 1. The molecule has 1 unspecified atom stereocenters. The van der Waals surface area contributed by atoms with Gasteiger partial charge in [0, 0.05) is 6.42 Å². The average molecular weight is 329 g/mol. The number of ether oxygens (including phenoxy) is 1. The molecule has 0 saturated carbocycles. The first-order valence-corrected chi connectivity index (χ1v) is 7.32. The van der Waals surface area contributed by atoms with Crippen LogP contribution in [0, 0.1) is 0 Å². The number of urea groups is 1. The molecule has 0 bridgehead atoms. The highest BCUT2D eigenvalue weighted by atomic mass is 16.5. The standard InChI is InChI=1S/C17H19N3O4/c1-24-14-9-7-13(8-10-14)19-20-17(23)18-15(16(21)22)11-12-5-3-2-4-6-12/h2-10,15,19H,11H2,1H3,(H,21,22)(H2,18,20,23). The van der Waals surface area contributed by atoms with Crippen molar-refractivity contribution in [2.45, 2.75) is 12.5 Å². The van der Waals surface area contributed by atoms with Crippen molar-refractivity contribution >= 4 is 17.7 Å². The highest BCUT2D eigenvalue weighted by Crippen LogP contribution is 2.14.